The van der Waals surface area contributed by atoms with E-state index in [1.807, 2.05) is 6.92 Å². The van der Waals surface area contributed by atoms with Gasteiger partial charge in [-0.25, -0.2) is 9.37 Å². The van der Waals surface area contributed by atoms with Gasteiger partial charge >= 0.3 is 0 Å². The van der Waals surface area contributed by atoms with Gasteiger partial charge in [0.05, 0.1) is 5.56 Å². The minimum atomic E-state index is -0.450. The van der Waals surface area contributed by atoms with Crippen molar-refractivity contribution in [2.45, 2.75) is 6.92 Å². The van der Waals surface area contributed by atoms with Crippen LogP contribution in [0.15, 0.2) is 28.9 Å². The summed E-state index contributed by atoms with van der Waals surface area (Å²) >= 11 is 4.57. The summed E-state index contributed by atoms with van der Waals surface area (Å²) < 4.78 is 13.6. The van der Waals surface area contributed by atoms with Crippen LogP contribution in [0.25, 0.3) is 0 Å². The molecular weight excluding hydrogens is 307 g/mol. The molecule has 1 aromatic carbocycles. The molecule has 2 rings (SSSR count). The Labute approximate surface area is 110 Å². The molecule has 0 saturated heterocycles. The van der Waals surface area contributed by atoms with E-state index in [1.54, 1.807) is 6.20 Å². The summed E-state index contributed by atoms with van der Waals surface area (Å²) in [4.78, 5) is 16.9. The molecule has 0 bridgehead atoms. The highest BCUT2D eigenvalue weighted by Crippen LogP contribution is 2.21. The van der Waals surface area contributed by atoms with Gasteiger partial charge in [-0.3, -0.25) is 10.1 Å². The third kappa shape index (κ3) is 2.89. The molecule has 0 unspecified atom stereocenters. The molecule has 17 heavy (non-hydrogen) atoms. The minimum Gasteiger partial charge on any atom is -0.298 e. The molecule has 3 nitrogen and oxygen atoms in total. The molecule has 0 spiro atoms. The predicted molar refractivity (Wildman–Crippen MR) is 68.9 cm³/mol. The van der Waals surface area contributed by atoms with Crippen molar-refractivity contribution < 1.29 is 9.18 Å². The summed E-state index contributed by atoms with van der Waals surface area (Å²) in [5, 5.41) is 3.12. The normalized spacial score (nSPS) is 10.3. The van der Waals surface area contributed by atoms with Crippen molar-refractivity contribution in [2.24, 2.45) is 0 Å². The molecule has 0 saturated carbocycles. The lowest BCUT2D eigenvalue weighted by Gasteiger charge is -2.04. The zero-order valence-electron chi connectivity index (χ0n) is 8.83. The number of hydrogen-bond acceptors (Lipinski definition) is 3. The molecule has 6 heteroatoms. The summed E-state index contributed by atoms with van der Waals surface area (Å²) in [6, 6.07) is 3.96. The molecule has 0 aliphatic heterocycles. The Hall–Kier alpha value is -1.27. The molecule has 0 fully saturated rings. The lowest BCUT2D eigenvalue weighted by molar-refractivity contribution is 0.102. The number of amides is 1. The highest BCUT2D eigenvalue weighted by atomic mass is 79.9. The van der Waals surface area contributed by atoms with Crippen molar-refractivity contribution in [3.8, 4) is 0 Å². The molecule has 1 amide bonds. The summed E-state index contributed by atoms with van der Waals surface area (Å²) in [7, 11) is 0. The van der Waals surface area contributed by atoms with Crippen molar-refractivity contribution in [1.29, 1.82) is 0 Å². The van der Waals surface area contributed by atoms with E-state index in [1.165, 1.54) is 29.5 Å². The van der Waals surface area contributed by atoms with Gasteiger partial charge in [0.2, 0.25) is 0 Å². The fourth-order valence-electron chi connectivity index (χ4n) is 1.25. The maximum Gasteiger partial charge on any atom is 0.258 e. The van der Waals surface area contributed by atoms with Crippen LogP contribution in [-0.4, -0.2) is 10.9 Å². The minimum absolute atomic E-state index is 0.248. The molecule has 1 N–H and O–H groups in total. The number of benzene rings is 1. The molecular formula is C11H8BrFN2OS. The molecule has 1 aromatic heterocycles. The predicted octanol–water partition coefficient (Wildman–Crippen LogP) is 3.61. The van der Waals surface area contributed by atoms with Crippen LogP contribution >= 0.6 is 27.3 Å². The molecule has 2 aromatic rings. The number of hydrogen-bond donors (Lipinski definition) is 1. The van der Waals surface area contributed by atoms with E-state index in [4.69, 9.17) is 0 Å². The maximum atomic E-state index is 13.0. The fourth-order valence-corrected chi connectivity index (χ4v) is 2.33. The maximum absolute atomic E-state index is 13.0. The SMILES string of the molecule is Cc1cnc(NC(=O)c2cc(F)ccc2Br)s1. The van der Waals surface area contributed by atoms with Crippen LogP contribution in [-0.2, 0) is 0 Å². The van der Waals surface area contributed by atoms with E-state index in [9.17, 15) is 9.18 Å². The molecule has 0 aliphatic rings. The molecule has 1 heterocycles. The Morgan fingerprint density at radius 3 is 2.94 bits per heavy atom. The van der Waals surface area contributed by atoms with E-state index in [0.717, 1.165) is 4.88 Å². The Bertz CT molecular complexity index is 570. The Kier molecular flexibility index (Phi) is 3.54. The zero-order valence-corrected chi connectivity index (χ0v) is 11.2. The van der Waals surface area contributed by atoms with Crippen molar-refractivity contribution >= 4 is 38.3 Å². The zero-order chi connectivity index (χ0) is 12.4. The number of aryl methyl sites for hydroxylation is 1. The number of carbonyl (C=O) groups is 1. The summed E-state index contributed by atoms with van der Waals surface area (Å²) in [6.45, 7) is 1.89. The number of carbonyl (C=O) groups excluding carboxylic acids is 1. The standard InChI is InChI=1S/C11H8BrFN2OS/c1-6-5-14-11(17-6)15-10(16)8-4-7(13)2-3-9(8)12/h2-5H,1H3,(H,14,15,16). The lowest BCUT2D eigenvalue weighted by atomic mass is 10.2. The van der Waals surface area contributed by atoms with E-state index < -0.39 is 5.82 Å². The molecule has 0 aliphatic carbocycles. The average Bonchev–Trinajstić information content (AvgIpc) is 2.67. The van der Waals surface area contributed by atoms with E-state index in [2.05, 4.69) is 26.2 Å². The van der Waals surface area contributed by atoms with Crippen LogP contribution in [0.4, 0.5) is 9.52 Å². The van der Waals surface area contributed by atoms with Gasteiger partial charge in [-0.15, -0.1) is 11.3 Å². The van der Waals surface area contributed by atoms with Gasteiger partial charge in [0.15, 0.2) is 5.13 Å². The summed E-state index contributed by atoms with van der Waals surface area (Å²) in [6.07, 6.45) is 1.67. The number of aromatic nitrogens is 1. The first-order valence-electron chi connectivity index (χ1n) is 4.75. The molecule has 0 atom stereocenters. The van der Waals surface area contributed by atoms with Crippen LogP contribution in [0, 0.1) is 12.7 Å². The van der Waals surface area contributed by atoms with Gasteiger partial charge in [-0.05, 0) is 41.1 Å². The Morgan fingerprint density at radius 1 is 1.53 bits per heavy atom. The van der Waals surface area contributed by atoms with Gasteiger partial charge in [-0.1, -0.05) is 0 Å². The Morgan fingerprint density at radius 2 is 2.29 bits per heavy atom. The second kappa shape index (κ2) is 4.93. The highest BCUT2D eigenvalue weighted by Gasteiger charge is 2.12. The number of anilines is 1. The highest BCUT2D eigenvalue weighted by molar-refractivity contribution is 9.10. The third-order valence-corrected chi connectivity index (χ3v) is 3.53. The summed E-state index contributed by atoms with van der Waals surface area (Å²) in [5.74, 6) is -0.834. The van der Waals surface area contributed by atoms with Gasteiger partial charge < -0.3 is 0 Å². The Balaban J connectivity index is 2.22. The lowest BCUT2D eigenvalue weighted by Crippen LogP contribution is -2.12. The monoisotopic (exact) mass is 314 g/mol. The van der Waals surface area contributed by atoms with E-state index in [0.29, 0.717) is 9.60 Å². The number of rotatable bonds is 2. The second-order valence-electron chi connectivity index (χ2n) is 3.35. The first-order chi connectivity index (χ1) is 8.06. The molecule has 88 valence electrons. The second-order valence-corrected chi connectivity index (χ2v) is 5.44. The molecule has 0 radical (unpaired) electrons. The number of nitrogens with zero attached hydrogens (tertiary/aromatic N) is 1. The van der Waals surface area contributed by atoms with Crippen LogP contribution in [0.5, 0.6) is 0 Å². The van der Waals surface area contributed by atoms with Gasteiger partial charge in [0.25, 0.3) is 5.91 Å². The van der Waals surface area contributed by atoms with Crippen LogP contribution in [0.1, 0.15) is 15.2 Å². The quantitative estimate of drug-likeness (QED) is 0.920. The third-order valence-electron chi connectivity index (χ3n) is 2.01. The van der Waals surface area contributed by atoms with Crippen LogP contribution < -0.4 is 5.32 Å². The average molecular weight is 315 g/mol. The summed E-state index contributed by atoms with van der Waals surface area (Å²) in [5.41, 5.74) is 0.248. The van der Waals surface area contributed by atoms with Gasteiger partial charge in [0, 0.05) is 15.5 Å². The number of nitrogens with one attached hydrogen (secondary N) is 1. The smallest absolute Gasteiger partial charge is 0.258 e. The number of thiazole rings is 1. The topological polar surface area (TPSA) is 42.0 Å². The van der Waals surface area contributed by atoms with Crippen molar-refractivity contribution in [2.75, 3.05) is 5.32 Å². The fraction of sp³-hybridized carbons (Fsp3) is 0.0909. The van der Waals surface area contributed by atoms with E-state index >= 15 is 0 Å². The number of halogens is 2. The largest absolute Gasteiger partial charge is 0.298 e. The first kappa shape index (κ1) is 12.2. The van der Waals surface area contributed by atoms with Crippen molar-refractivity contribution in [3.05, 3.63) is 45.1 Å². The van der Waals surface area contributed by atoms with Crippen molar-refractivity contribution in [3.63, 3.8) is 0 Å². The van der Waals surface area contributed by atoms with Crippen molar-refractivity contribution in [1.82, 2.24) is 4.98 Å². The first-order valence-corrected chi connectivity index (χ1v) is 6.36. The van der Waals surface area contributed by atoms with Gasteiger partial charge in [0.1, 0.15) is 5.82 Å². The van der Waals surface area contributed by atoms with E-state index in [-0.39, 0.29) is 11.5 Å². The van der Waals surface area contributed by atoms with Crippen LogP contribution in [0.3, 0.4) is 0 Å². The van der Waals surface area contributed by atoms with Gasteiger partial charge in [-0.2, -0.15) is 0 Å². The van der Waals surface area contributed by atoms with Crippen LogP contribution in [0.2, 0.25) is 0 Å².